The smallest absolute Gasteiger partial charge is 0.394 e. The maximum Gasteiger partial charge on any atom is 0.433 e. The fourth-order valence-electron chi connectivity index (χ4n) is 2.51. The van der Waals surface area contributed by atoms with Gasteiger partial charge >= 0.3 is 18.5 Å². The van der Waals surface area contributed by atoms with Crippen LogP contribution in [0.1, 0.15) is 30.7 Å². The second kappa shape index (κ2) is 9.00. The molecule has 0 aliphatic heterocycles. The molecule has 178 valence electrons. The number of rotatable bonds is 6. The van der Waals surface area contributed by atoms with Crippen molar-refractivity contribution in [2.75, 3.05) is 17.2 Å². The molecule has 2 aromatic rings. The van der Waals surface area contributed by atoms with Crippen molar-refractivity contribution in [2.45, 2.75) is 38.4 Å². The van der Waals surface area contributed by atoms with Gasteiger partial charge in [-0.05, 0) is 24.1 Å². The van der Waals surface area contributed by atoms with Gasteiger partial charge in [0.15, 0.2) is 5.69 Å². The standard InChI is InChI=1S/C18H17F9N4O/c1-8(2)12(7-32)29-15-30-13(18(25,26)27)6-14(31-15)28-11-4-3-9(16(19,20)21)5-10(11)17(22,23)24/h3-6,8,12,32H,7H2,1-2H3,(H2,28,29,30,31)/t12-/m1/s1. The van der Waals surface area contributed by atoms with Gasteiger partial charge in [-0.2, -0.15) is 44.5 Å². The van der Waals surface area contributed by atoms with Crippen LogP contribution < -0.4 is 10.6 Å². The van der Waals surface area contributed by atoms with E-state index in [1.165, 1.54) is 0 Å². The van der Waals surface area contributed by atoms with Crippen LogP contribution in [0.2, 0.25) is 0 Å². The Hall–Kier alpha value is -2.77. The van der Waals surface area contributed by atoms with Crippen LogP contribution in [0, 0.1) is 5.92 Å². The van der Waals surface area contributed by atoms with E-state index in [2.05, 4.69) is 15.3 Å². The Balaban J connectivity index is 2.55. The maximum atomic E-state index is 13.3. The van der Waals surface area contributed by atoms with Gasteiger partial charge in [0, 0.05) is 6.07 Å². The first-order chi connectivity index (χ1) is 14.5. The highest BCUT2D eigenvalue weighted by Gasteiger charge is 2.39. The molecule has 1 aromatic carbocycles. The summed E-state index contributed by atoms with van der Waals surface area (Å²) in [5.74, 6) is -1.67. The van der Waals surface area contributed by atoms with Gasteiger partial charge in [-0.25, -0.2) is 4.98 Å². The van der Waals surface area contributed by atoms with Crippen molar-refractivity contribution in [3.63, 3.8) is 0 Å². The number of aromatic nitrogens is 2. The number of aliphatic hydroxyl groups excluding tert-OH is 1. The van der Waals surface area contributed by atoms with Crippen LogP contribution in [-0.2, 0) is 18.5 Å². The van der Waals surface area contributed by atoms with Gasteiger partial charge in [0.05, 0.1) is 29.5 Å². The van der Waals surface area contributed by atoms with E-state index in [-0.39, 0.29) is 12.0 Å². The molecule has 1 aromatic heterocycles. The zero-order valence-corrected chi connectivity index (χ0v) is 16.4. The highest BCUT2D eigenvalue weighted by molar-refractivity contribution is 5.63. The molecule has 1 atom stereocenters. The number of alkyl halides is 9. The van der Waals surface area contributed by atoms with E-state index >= 15 is 0 Å². The van der Waals surface area contributed by atoms with E-state index in [1.54, 1.807) is 13.8 Å². The van der Waals surface area contributed by atoms with Crippen molar-refractivity contribution in [3.8, 4) is 0 Å². The number of benzene rings is 1. The topological polar surface area (TPSA) is 70.1 Å². The van der Waals surface area contributed by atoms with Crippen LogP contribution in [0.4, 0.5) is 57.0 Å². The molecule has 0 amide bonds. The minimum Gasteiger partial charge on any atom is -0.394 e. The number of nitrogens with zero attached hydrogens (tertiary/aromatic N) is 2. The van der Waals surface area contributed by atoms with Crippen molar-refractivity contribution in [2.24, 2.45) is 5.92 Å². The predicted molar refractivity (Wildman–Crippen MR) is 96.1 cm³/mol. The SMILES string of the molecule is CC(C)[C@@H](CO)Nc1nc(Nc2ccc(C(F)(F)F)cc2C(F)(F)F)cc(C(F)(F)F)n1. The number of halogens is 9. The molecule has 0 radical (unpaired) electrons. The first-order valence-electron chi connectivity index (χ1n) is 8.91. The Morgan fingerprint density at radius 3 is 1.97 bits per heavy atom. The Morgan fingerprint density at radius 1 is 0.875 bits per heavy atom. The average Bonchev–Trinajstić information content (AvgIpc) is 2.63. The Kier molecular flexibility index (Phi) is 7.17. The fraction of sp³-hybridized carbons (Fsp3) is 0.444. The number of nitrogens with one attached hydrogen (secondary N) is 2. The van der Waals surface area contributed by atoms with Crippen molar-refractivity contribution in [1.29, 1.82) is 0 Å². The van der Waals surface area contributed by atoms with Gasteiger partial charge in [0.2, 0.25) is 5.95 Å². The van der Waals surface area contributed by atoms with Crippen LogP contribution >= 0.6 is 0 Å². The van der Waals surface area contributed by atoms with Gasteiger partial charge < -0.3 is 15.7 Å². The van der Waals surface area contributed by atoms with E-state index in [0.717, 1.165) is 0 Å². The largest absolute Gasteiger partial charge is 0.433 e. The summed E-state index contributed by atoms with van der Waals surface area (Å²) in [6.07, 6.45) is -15.3. The first-order valence-corrected chi connectivity index (χ1v) is 8.91. The molecule has 2 rings (SSSR count). The molecule has 14 heteroatoms. The molecule has 0 saturated heterocycles. The summed E-state index contributed by atoms with van der Waals surface area (Å²) < 4.78 is 118. The molecule has 0 aliphatic carbocycles. The number of aliphatic hydroxyl groups is 1. The second-order valence-electron chi connectivity index (χ2n) is 7.02. The average molecular weight is 476 g/mol. The molecule has 1 heterocycles. The zero-order chi connectivity index (χ0) is 24.5. The van der Waals surface area contributed by atoms with Gasteiger partial charge in [-0.1, -0.05) is 13.8 Å². The highest BCUT2D eigenvalue weighted by Crippen LogP contribution is 2.40. The van der Waals surface area contributed by atoms with Gasteiger partial charge in [0.25, 0.3) is 0 Å². The van der Waals surface area contributed by atoms with Gasteiger partial charge in [-0.15, -0.1) is 0 Å². The monoisotopic (exact) mass is 476 g/mol. The van der Waals surface area contributed by atoms with Crippen molar-refractivity contribution >= 4 is 17.5 Å². The maximum absolute atomic E-state index is 13.3. The molecule has 32 heavy (non-hydrogen) atoms. The summed E-state index contributed by atoms with van der Waals surface area (Å²) >= 11 is 0. The van der Waals surface area contributed by atoms with Crippen LogP contribution in [-0.4, -0.2) is 27.7 Å². The highest BCUT2D eigenvalue weighted by atomic mass is 19.4. The molecular weight excluding hydrogens is 459 g/mol. The third kappa shape index (κ3) is 6.37. The van der Waals surface area contributed by atoms with E-state index < -0.39 is 65.5 Å². The van der Waals surface area contributed by atoms with Crippen molar-refractivity contribution in [3.05, 3.63) is 41.1 Å². The number of anilines is 3. The summed E-state index contributed by atoms with van der Waals surface area (Å²) in [5.41, 5.74) is -5.78. The summed E-state index contributed by atoms with van der Waals surface area (Å²) in [4.78, 5) is 6.94. The third-order valence-electron chi connectivity index (χ3n) is 4.25. The van der Waals surface area contributed by atoms with Crippen LogP contribution in [0.3, 0.4) is 0 Å². The van der Waals surface area contributed by atoms with Crippen molar-refractivity contribution in [1.82, 2.24) is 9.97 Å². The summed E-state index contributed by atoms with van der Waals surface area (Å²) in [5, 5.41) is 13.8. The normalized spacial score (nSPS) is 13.9. The fourth-order valence-corrected chi connectivity index (χ4v) is 2.51. The zero-order valence-electron chi connectivity index (χ0n) is 16.4. The Morgan fingerprint density at radius 2 is 1.50 bits per heavy atom. The summed E-state index contributed by atoms with van der Waals surface area (Å²) in [6, 6.07) is 0.172. The van der Waals surface area contributed by atoms with Gasteiger partial charge in [-0.3, -0.25) is 0 Å². The lowest BCUT2D eigenvalue weighted by molar-refractivity contribution is -0.143. The Labute approximate surface area is 175 Å². The molecule has 0 unspecified atom stereocenters. The molecular formula is C18H17F9N4O. The molecule has 3 N–H and O–H groups in total. The summed E-state index contributed by atoms with van der Waals surface area (Å²) in [6.45, 7) is 2.77. The molecule has 0 bridgehead atoms. The van der Waals surface area contributed by atoms with E-state index in [1.807, 2.05) is 5.32 Å². The Bertz CT molecular complexity index is 940. The number of hydrogen-bond acceptors (Lipinski definition) is 5. The molecule has 0 fully saturated rings. The van der Waals surface area contributed by atoms with Crippen LogP contribution in [0.15, 0.2) is 24.3 Å². The second-order valence-corrected chi connectivity index (χ2v) is 7.02. The van der Waals surface area contributed by atoms with Crippen LogP contribution in [0.25, 0.3) is 0 Å². The molecule has 5 nitrogen and oxygen atoms in total. The lowest BCUT2D eigenvalue weighted by Gasteiger charge is -2.21. The molecule has 0 spiro atoms. The lowest BCUT2D eigenvalue weighted by Crippen LogP contribution is -2.30. The van der Waals surface area contributed by atoms with Crippen LogP contribution in [0.5, 0.6) is 0 Å². The molecule has 0 saturated carbocycles. The molecule has 0 aliphatic rings. The lowest BCUT2D eigenvalue weighted by atomic mass is 10.1. The third-order valence-corrected chi connectivity index (χ3v) is 4.25. The summed E-state index contributed by atoms with van der Waals surface area (Å²) in [7, 11) is 0. The minimum atomic E-state index is -5.25. The predicted octanol–water partition coefficient (Wildman–Crippen LogP) is 5.71. The quantitative estimate of drug-likeness (QED) is 0.467. The van der Waals surface area contributed by atoms with Crippen molar-refractivity contribution < 1.29 is 44.6 Å². The van der Waals surface area contributed by atoms with E-state index in [4.69, 9.17) is 0 Å². The van der Waals surface area contributed by atoms with E-state index in [0.29, 0.717) is 18.2 Å². The minimum absolute atomic E-state index is 0.159. The first kappa shape index (κ1) is 25.5. The van der Waals surface area contributed by atoms with E-state index in [9.17, 15) is 44.6 Å². The van der Waals surface area contributed by atoms with Gasteiger partial charge in [0.1, 0.15) is 5.82 Å². The number of hydrogen-bond donors (Lipinski definition) is 3.